The number of aromatic nitrogens is 2. The topological polar surface area (TPSA) is 25.4 Å². The minimum absolute atomic E-state index is 0.536. The van der Waals surface area contributed by atoms with Gasteiger partial charge in [-0.05, 0) is 58.7 Å². The van der Waals surface area contributed by atoms with Gasteiger partial charge in [-0.15, -0.1) is 0 Å². The highest BCUT2D eigenvalue weighted by atomic mass is 15.2. The number of pyridine rings is 1. The van der Waals surface area contributed by atoms with Crippen LogP contribution in [-0.4, -0.2) is 9.55 Å². The average molecular weight is 601 g/mol. The molecule has 6 aromatic carbocycles. The molecule has 0 N–H and O–H groups in total. The van der Waals surface area contributed by atoms with E-state index in [4.69, 9.17) is 6.57 Å². The zero-order valence-corrected chi connectivity index (χ0v) is 25.5. The number of fused-ring (bicyclic) bond motifs is 5. The monoisotopic (exact) mass is 600 g/mol. The normalized spacial score (nSPS) is 13.2. The maximum atomic E-state index is 8.18. The molecule has 0 atom stereocenters. The summed E-state index contributed by atoms with van der Waals surface area (Å²) < 4.78 is 2.21. The van der Waals surface area contributed by atoms with Gasteiger partial charge in [0, 0.05) is 28.9 Å². The predicted octanol–water partition coefficient (Wildman–Crippen LogP) is 10.9. The molecular formula is C43H28N4. The Bertz CT molecular complexity index is 2350. The van der Waals surface area contributed by atoms with Crippen LogP contribution in [0.1, 0.15) is 22.3 Å². The maximum absolute atomic E-state index is 8.18. The first-order valence-electron chi connectivity index (χ1n) is 15.8. The molecule has 0 fully saturated rings. The summed E-state index contributed by atoms with van der Waals surface area (Å²) in [4.78, 5) is 10.8. The minimum atomic E-state index is -0.536. The maximum Gasteiger partial charge on any atom is 0.210 e. The van der Waals surface area contributed by atoms with Crippen molar-refractivity contribution in [2.75, 3.05) is 4.90 Å². The molecule has 2 aromatic heterocycles. The molecule has 4 heteroatoms. The molecule has 3 heterocycles. The second-order valence-corrected chi connectivity index (χ2v) is 11.9. The van der Waals surface area contributed by atoms with Crippen LogP contribution >= 0.6 is 0 Å². The third kappa shape index (κ3) is 3.84. The first kappa shape index (κ1) is 26.9. The molecule has 4 nitrogen and oxygen atoms in total. The molecule has 0 amide bonds. The van der Waals surface area contributed by atoms with E-state index in [-0.39, 0.29) is 0 Å². The van der Waals surface area contributed by atoms with Gasteiger partial charge in [0.25, 0.3) is 0 Å². The summed E-state index contributed by atoms with van der Waals surface area (Å²) >= 11 is 0. The van der Waals surface area contributed by atoms with Crippen molar-refractivity contribution in [3.05, 3.63) is 204 Å². The standard InChI is InChI=1S/C43H28N4/c1-44-37-25-24-32(28-42(37)47-38-21-11-8-18-33(38)34-29-45-27-26-39(34)47)46-40-22-12-9-19-35(40)43(30-14-4-2-5-15-30,31-16-6-3-7-17-31)36-20-10-13-23-41(36)46/h2-29H. The molecule has 220 valence electrons. The minimum Gasteiger partial charge on any atom is -0.319 e. The Kier molecular flexibility index (Phi) is 6.06. The van der Waals surface area contributed by atoms with Crippen LogP contribution in [0.5, 0.6) is 0 Å². The van der Waals surface area contributed by atoms with Crippen molar-refractivity contribution in [3.8, 4) is 5.69 Å². The molecule has 0 spiro atoms. The van der Waals surface area contributed by atoms with Crippen molar-refractivity contribution in [1.82, 2.24) is 9.55 Å². The van der Waals surface area contributed by atoms with Crippen LogP contribution in [0.25, 0.3) is 32.3 Å². The summed E-state index contributed by atoms with van der Waals surface area (Å²) in [7, 11) is 0. The van der Waals surface area contributed by atoms with Gasteiger partial charge in [-0.25, -0.2) is 4.85 Å². The van der Waals surface area contributed by atoms with E-state index in [1.54, 1.807) is 0 Å². The zero-order chi connectivity index (χ0) is 31.4. The number of nitrogens with zero attached hydrogens (tertiary/aromatic N) is 4. The van der Waals surface area contributed by atoms with Gasteiger partial charge < -0.3 is 9.47 Å². The quantitative estimate of drug-likeness (QED) is 0.188. The number of anilines is 3. The lowest BCUT2D eigenvalue weighted by atomic mass is 9.62. The Morgan fingerprint density at radius 2 is 1.11 bits per heavy atom. The van der Waals surface area contributed by atoms with Crippen LogP contribution in [-0.2, 0) is 5.41 Å². The third-order valence-corrected chi connectivity index (χ3v) is 9.56. The first-order valence-corrected chi connectivity index (χ1v) is 15.8. The summed E-state index contributed by atoms with van der Waals surface area (Å²) in [5.74, 6) is 0. The van der Waals surface area contributed by atoms with Crippen LogP contribution in [0.3, 0.4) is 0 Å². The molecule has 0 radical (unpaired) electrons. The second kappa shape index (κ2) is 10.6. The summed E-state index contributed by atoms with van der Waals surface area (Å²) in [5.41, 5.74) is 11.0. The van der Waals surface area contributed by atoms with Crippen molar-refractivity contribution in [2.24, 2.45) is 0 Å². The fraction of sp³-hybridized carbons (Fsp3) is 0.0233. The average Bonchev–Trinajstić information content (AvgIpc) is 3.48. The molecule has 0 saturated heterocycles. The highest BCUT2D eigenvalue weighted by Gasteiger charge is 2.46. The van der Waals surface area contributed by atoms with Crippen LogP contribution in [0.4, 0.5) is 22.7 Å². The molecule has 0 unspecified atom stereocenters. The van der Waals surface area contributed by atoms with Crippen LogP contribution in [0.2, 0.25) is 0 Å². The molecule has 8 aromatic rings. The predicted molar refractivity (Wildman–Crippen MR) is 191 cm³/mol. The third-order valence-electron chi connectivity index (χ3n) is 9.56. The summed E-state index contributed by atoms with van der Waals surface area (Å²) in [6.45, 7) is 8.18. The SMILES string of the molecule is [C-]#[N+]c1ccc(N2c3ccccc3C(c3ccccc3)(c3ccccc3)c3ccccc32)cc1-n1c2ccccc2c2cnccc21. The highest BCUT2D eigenvalue weighted by molar-refractivity contribution is 6.09. The summed E-state index contributed by atoms with van der Waals surface area (Å²) in [6.07, 6.45) is 3.74. The van der Waals surface area contributed by atoms with Gasteiger partial charge in [0.05, 0.1) is 40.1 Å². The lowest BCUT2D eigenvalue weighted by Crippen LogP contribution is -2.37. The van der Waals surface area contributed by atoms with Gasteiger partial charge in [-0.2, -0.15) is 0 Å². The Balaban J connectivity index is 1.35. The molecule has 1 aliphatic heterocycles. The van der Waals surface area contributed by atoms with Gasteiger partial charge in [-0.1, -0.05) is 121 Å². The number of para-hydroxylation sites is 3. The van der Waals surface area contributed by atoms with Crippen LogP contribution in [0, 0.1) is 6.57 Å². The molecule has 9 rings (SSSR count). The smallest absolute Gasteiger partial charge is 0.210 e. The van der Waals surface area contributed by atoms with Crippen LogP contribution in [0.15, 0.2) is 170 Å². The van der Waals surface area contributed by atoms with Crippen molar-refractivity contribution in [3.63, 3.8) is 0 Å². The van der Waals surface area contributed by atoms with Crippen molar-refractivity contribution >= 4 is 44.6 Å². The molecular weight excluding hydrogens is 573 g/mol. The lowest BCUT2D eigenvalue weighted by molar-refractivity contribution is 0.731. The first-order chi connectivity index (χ1) is 23.3. The number of hydrogen-bond donors (Lipinski definition) is 0. The number of rotatable bonds is 4. The number of hydrogen-bond acceptors (Lipinski definition) is 2. The Morgan fingerprint density at radius 3 is 1.77 bits per heavy atom. The van der Waals surface area contributed by atoms with E-state index < -0.39 is 5.41 Å². The van der Waals surface area contributed by atoms with E-state index in [2.05, 4.69) is 165 Å². The number of benzene rings is 6. The van der Waals surface area contributed by atoms with E-state index in [0.29, 0.717) is 5.69 Å². The van der Waals surface area contributed by atoms with Gasteiger partial charge in [0.2, 0.25) is 5.69 Å². The van der Waals surface area contributed by atoms with Crippen molar-refractivity contribution in [1.29, 1.82) is 0 Å². The fourth-order valence-electron chi connectivity index (χ4n) is 7.69. The zero-order valence-electron chi connectivity index (χ0n) is 25.5. The molecule has 0 bridgehead atoms. The highest BCUT2D eigenvalue weighted by Crippen LogP contribution is 2.57. The van der Waals surface area contributed by atoms with Gasteiger partial charge in [-0.3, -0.25) is 4.98 Å². The van der Waals surface area contributed by atoms with E-state index in [9.17, 15) is 0 Å². The van der Waals surface area contributed by atoms with Gasteiger partial charge in [0.15, 0.2) is 0 Å². The Labute approximate surface area is 273 Å². The molecule has 47 heavy (non-hydrogen) atoms. The Hall–Kier alpha value is -6.44. The second-order valence-electron chi connectivity index (χ2n) is 11.9. The molecule has 0 saturated carbocycles. The fourth-order valence-corrected chi connectivity index (χ4v) is 7.69. The summed E-state index contributed by atoms with van der Waals surface area (Å²) in [5, 5.41) is 2.18. The van der Waals surface area contributed by atoms with Crippen molar-refractivity contribution in [2.45, 2.75) is 5.41 Å². The van der Waals surface area contributed by atoms with Gasteiger partial charge in [0.1, 0.15) is 0 Å². The Morgan fingerprint density at radius 1 is 0.532 bits per heavy atom. The van der Waals surface area contributed by atoms with E-state index in [1.807, 2.05) is 24.5 Å². The lowest BCUT2D eigenvalue weighted by Gasteiger charge is -2.46. The van der Waals surface area contributed by atoms with Crippen molar-refractivity contribution < 1.29 is 0 Å². The molecule has 1 aliphatic rings. The van der Waals surface area contributed by atoms with Crippen LogP contribution < -0.4 is 4.90 Å². The van der Waals surface area contributed by atoms with E-state index >= 15 is 0 Å². The van der Waals surface area contributed by atoms with E-state index in [0.717, 1.165) is 44.6 Å². The summed E-state index contributed by atoms with van der Waals surface area (Å²) in [6, 6.07) is 55.8. The largest absolute Gasteiger partial charge is 0.319 e. The molecule has 0 aliphatic carbocycles. The van der Waals surface area contributed by atoms with E-state index in [1.165, 1.54) is 22.3 Å². The van der Waals surface area contributed by atoms with Gasteiger partial charge >= 0.3 is 0 Å².